The Balaban J connectivity index is 2.09. The van der Waals surface area contributed by atoms with E-state index in [2.05, 4.69) is 10.0 Å². The van der Waals surface area contributed by atoms with Crippen LogP contribution in [0, 0.1) is 16.0 Å². The highest BCUT2D eigenvalue weighted by molar-refractivity contribution is 7.99. The van der Waals surface area contributed by atoms with Gasteiger partial charge in [-0.2, -0.15) is 11.8 Å². The first-order chi connectivity index (χ1) is 9.94. The number of hydrogen-bond acceptors (Lipinski definition) is 7. The molecule has 1 aliphatic rings. The molecule has 0 atom stereocenters. The van der Waals surface area contributed by atoms with E-state index in [1.54, 1.807) is 0 Å². The van der Waals surface area contributed by atoms with E-state index in [1.165, 1.54) is 7.05 Å². The highest BCUT2D eigenvalue weighted by Gasteiger charge is 2.26. The van der Waals surface area contributed by atoms with Gasteiger partial charge in [-0.15, -0.1) is 0 Å². The molecule has 2 rings (SSSR count). The lowest BCUT2D eigenvalue weighted by atomic mass is 10.0. The second kappa shape index (κ2) is 6.95. The van der Waals surface area contributed by atoms with Crippen molar-refractivity contribution in [3.05, 3.63) is 16.2 Å². The number of nitro groups is 1. The topological polar surface area (TPSA) is 101 Å². The average Bonchev–Trinajstić information content (AvgIpc) is 2.92. The highest BCUT2D eigenvalue weighted by Crippen LogP contribution is 2.36. The molecule has 1 aromatic rings. The minimum absolute atomic E-state index is 0.0243. The van der Waals surface area contributed by atoms with Gasteiger partial charge in [-0.3, -0.25) is 10.1 Å². The summed E-state index contributed by atoms with van der Waals surface area (Å²) >= 11 is 2.76. The lowest BCUT2D eigenvalue weighted by Crippen LogP contribution is -2.30. The van der Waals surface area contributed by atoms with Gasteiger partial charge in [-0.25, -0.2) is 13.1 Å². The van der Waals surface area contributed by atoms with Crippen LogP contribution in [0.3, 0.4) is 0 Å². The van der Waals surface area contributed by atoms with Crippen molar-refractivity contribution in [2.45, 2.75) is 17.1 Å². The Bertz CT molecular complexity index is 608. The van der Waals surface area contributed by atoms with Crippen LogP contribution >= 0.6 is 23.1 Å². The third-order valence-electron chi connectivity index (χ3n) is 3.28. The predicted molar refractivity (Wildman–Crippen MR) is 85.8 cm³/mol. The van der Waals surface area contributed by atoms with Gasteiger partial charge in [0.25, 0.3) is 0 Å². The molecule has 0 aromatic carbocycles. The maximum atomic E-state index is 12.2. The Morgan fingerprint density at radius 3 is 2.62 bits per heavy atom. The van der Waals surface area contributed by atoms with Crippen molar-refractivity contribution in [2.24, 2.45) is 5.92 Å². The second-order valence-electron chi connectivity index (χ2n) is 4.69. The van der Waals surface area contributed by atoms with E-state index in [0.717, 1.165) is 41.8 Å². The minimum Gasteiger partial charge on any atom is -0.374 e. The van der Waals surface area contributed by atoms with Crippen LogP contribution in [0.25, 0.3) is 0 Å². The van der Waals surface area contributed by atoms with Crippen LogP contribution in [0.15, 0.2) is 10.3 Å². The molecule has 1 saturated heterocycles. The van der Waals surface area contributed by atoms with Crippen molar-refractivity contribution >= 4 is 43.8 Å². The van der Waals surface area contributed by atoms with Crippen LogP contribution < -0.4 is 10.0 Å². The summed E-state index contributed by atoms with van der Waals surface area (Å²) in [5.41, 5.74) is -0.211. The summed E-state index contributed by atoms with van der Waals surface area (Å²) in [5.74, 6) is 2.46. The maximum Gasteiger partial charge on any atom is 0.304 e. The third kappa shape index (κ3) is 4.09. The minimum atomic E-state index is -3.69. The van der Waals surface area contributed by atoms with Crippen LogP contribution in [-0.2, 0) is 10.0 Å². The monoisotopic (exact) mass is 351 g/mol. The first kappa shape index (κ1) is 16.5. The standard InChI is InChI=1S/C11H17N3O4S3/c1-12-11-9(14(15)16)6-10(20-11)21(17,18)13-7-8-2-4-19-5-3-8/h6,8,12-13H,2-5,7H2,1H3. The SMILES string of the molecule is CNc1sc(S(=O)(=O)NCC2CCSCC2)cc1[N+](=O)[O-]. The van der Waals surface area contributed by atoms with Crippen molar-refractivity contribution in [3.63, 3.8) is 0 Å². The van der Waals surface area contributed by atoms with Gasteiger partial charge in [0.2, 0.25) is 10.0 Å². The molecule has 1 aliphatic heterocycles. The Morgan fingerprint density at radius 2 is 2.10 bits per heavy atom. The molecule has 2 heterocycles. The fraction of sp³-hybridized carbons (Fsp3) is 0.636. The summed E-state index contributed by atoms with van der Waals surface area (Å²) in [7, 11) is -2.16. The van der Waals surface area contributed by atoms with E-state index in [-0.39, 0.29) is 14.9 Å². The van der Waals surface area contributed by atoms with E-state index < -0.39 is 14.9 Å². The number of hydrogen-bond donors (Lipinski definition) is 2. The molecular formula is C11H17N3O4S3. The lowest BCUT2D eigenvalue weighted by molar-refractivity contribution is -0.383. The van der Waals surface area contributed by atoms with Crippen LogP contribution in [-0.4, -0.2) is 38.4 Å². The average molecular weight is 351 g/mol. The summed E-state index contributed by atoms with van der Waals surface area (Å²) in [6.45, 7) is 0.392. The molecule has 0 saturated carbocycles. The van der Waals surface area contributed by atoms with Crippen molar-refractivity contribution in [1.82, 2.24) is 4.72 Å². The Hall–Kier alpha value is -0.840. The van der Waals surface area contributed by atoms with E-state index in [4.69, 9.17) is 0 Å². The third-order valence-corrected chi connectivity index (χ3v) is 7.37. The van der Waals surface area contributed by atoms with Gasteiger partial charge in [0.15, 0.2) is 5.00 Å². The van der Waals surface area contributed by atoms with E-state index in [9.17, 15) is 18.5 Å². The van der Waals surface area contributed by atoms with Crippen molar-refractivity contribution in [1.29, 1.82) is 0 Å². The van der Waals surface area contributed by atoms with Crippen LogP contribution in [0.1, 0.15) is 12.8 Å². The molecule has 0 unspecified atom stereocenters. The highest BCUT2D eigenvalue weighted by atomic mass is 32.2. The smallest absolute Gasteiger partial charge is 0.304 e. The van der Waals surface area contributed by atoms with Crippen LogP contribution in [0.2, 0.25) is 0 Å². The number of sulfonamides is 1. The summed E-state index contributed by atoms with van der Waals surface area (Å²) in [6, 6.07) is 1.11. The zero-order valence-corrected chi connectivity index (χ0v) is 13.9. The molecule has 0 spiro atoms. The Labute approximate surface area is 131 Å². The summed E-state index contributed by atoms with van der Waals surface area (Å²) in [6.07, 6.45) is 2.00. The fourth-order valence-corrected chi connectivity index (χ4v) is 5.70. The molecule has 1 aromatic heterocycles. The van der Waals surface area contributed by atoms with E-state index in [1.807, 2.05) is 11.8 Å². The van der Waals surface area contributed by atoms with Gasteiger partial charge in [-0.1, -0.05) is 11.3 Å². The van der Waals surface area contributed by atoms with Gasteiger partial charge in [0, 0.05) is 19.7 Å². The first-order valence-electron chi connectivity index (χ1n) is 6.47. The largest absolute Gasteiger partial charge is 0.374 e. The number of nitrogens with zero attached hydrogens (tertiary/aromatic N) is 1. The van der Waals surface area contributed by atoms with Gasteiger partial charge in [0.05, 0.1) is 4.92 Å². The zero-order valence-electron chi connectivity index (χ0n) is 11.5. The number of anilines is 1. The van der Waals surface area contributed by atoms with Gasteiger partial charge in [-0.05, 0) is 30.3 Å². The molecule has 118 valence electrons. The van der Waals surface area contributed by atoms with Gasteiger partial charge in [0.1, 0.15) is 4.21 Å². The molecule has 2 N–H and O–H groups in total. The van der Waals surface area contributed by atoms with Crippen molar-refractivity contribution < 1.29 is 13.3 Å². The Morgan fingerprint density at radius 1 is 1.43 bits per heavy atom. The normalized spacial score (nSPS) is 16.8. The van der Waals surface area contributed by atoms with Crippen LogP contribution in [0.4, 0.5) is 10.7 Å². The lowest BCUT2D eigenvalue weighted by Gasteiger charge is -2.21. The van der Waals surface area contributed by atoms with E-state index in [0.29, 0.717) is 12.5 Å². The quantitative estimate of drug-likeness (QED) is 0.601. The molecule has 10 heteroatoms. The molecule has 1 fully saturated rings. The first-order valence-corrected chi connectivity index (χ1v) is 9.93. The molecule has 7 nitrogen and oxygen atoms in total. The summed E-state index contributed by atoms with van der Waals surface area (Å²) in [5, 5.41) is 13.8. The number of thioether (sulfide) groups is 1. The van der Waals surface area contributed by atoms with Gasteiger partial charge < -0.3 is 5.32 Å². The summed E-state index contributed by atoms with van der Waals surface area (Å²) in [4.78, 5) is 10.3. The molecular weight excluding hydrogens is 334 g/mol. The maximum absolute atomic E-state index is 12.2. The molecule has 0 amide bonds. The predicted octanol–water partition coefficient (Wildman–Crippen LogP) is 2.12. The zero-order chi connectivity index (χ0) is 15.5. The van der Waals surface area contributed by atoms with Crippen molar-refractivity contribution in [2.75, 3.05) is 30.4 Å². The van der Waals surface area contributed by atoms with Gasteiger partial charge >= 0.3 is 5.69 Å². The Kier molecular flexibility index (Phi) is 5.47. The molecule has 0 bridgehead atoms. The van der Waals surface area contributed by atoms with Crippen LogP contribution in [0.5, 0.6) is 0 Å². The van der Waals surface area contributed by atoms with E-state index >= 15 is 0 Å². The fourth-order valence-electron chi connectivity index (χ4n) is 2.06. The van der Waals surface area contributed by atoms with Crippen molar-refractivity contribution in [3.8, 4) is 0 Å². The molecule has 0 aliphatic carbocycles. The number of thiophene rings is 1. The summed E-state index contributed by atoms with van der Waals surface area (Å²) < 4.78 is 27.0. The molecule has 0 radical (unpaired) electrons. The number of rotatable bonds is 6. The number of nitrogens with one attached hydrogen (secondary N) is 2. The molecule has 21 heavy (non-hydrogen) atoms. The second-order valence-corrected chi connectivity index (χ2v) is 8.97.